The van der Waals surface area contributed by atoms with Crippen molar-refractivity contribution in [3.05, 3.63) is 74.1 Å². The second-order valence-electron chi connectivity index (χ2n) is 6.25. The van der Waals surface area contributed by atoms with Crippen molar-refractivity contribution >= 4 is 27.3 Å². The van der Waals surface area contributed by atoms with Crippen LogP contribution in [0.3, 0.4) is 0 Å². The van der Waals surface area contributed by atoms with Gasteiger partial charge in [-0.3, -0.25) is 4.68 Å². The van der Waals surface area contributed by atoms with Crippen LogP contribution < -0.4 is 5.32 Å². The lowest BCUT2D eigenvalue weighted by atomic mass is 9.93. The van der Waals surface area contributed by atoms with Crippen LogP contribution in [0, 0.1) is 0 Å². The summed E-state index contributed by atoms with van der Waals surface area (Å²) in [5, 5.41) is 10.5. The Labute approximate surface area is 154 Å². The molecule has 2 aromatic heterocycles. The molecule has 124 valence electrons. The fourth-order valence-electron chi connectivity index (χ4n) is 3.39. The number of hydrogen-bond donors (Lipinski definition) is 1. The molecule has 24 heavy (non-hydrogen) atoms. The summed E-state index contributed by atoms with van der Waals surface area (Å²) < 4.78 is 3.35. The third-order valence-electron chi connectivity index (χ3n) is 4.58. The van der Waals surface area contributed by atoms with E-state index in [4.69, 9.17) is 0 Å². The summed E-state index contributed by atoms with van der Waals surface area (Å²) in [5.41, 5.74) is 4.09. The lowest BCUT2D eigenvalue weighted by Gasteiger charge is -2.24. The molecule has 0 amide bonds. The van der Waals surface area contributed by atoms with Gasteiger partial charge in [-0.1, -0.05) is 30.3 Å². The summed E-state index contributed by atoms with van der Waals surface area (Å²) >= 11 is 5.32. The maximum Gasteiger partial charge on any atom is 0.0662 e. The monoisotopic (exact) mass is 401 g/mol. The summed E-state index contributed by atoms with van der Waals surface area (Å²) in [6.07, 6.45) is 5.61. The third kappa shape index (κ3) is 3.48. The average molecular weight is 402 g/mol. The molecule has 1 aromatic carbocycles. The summed E-state index contributed by atoms with van der Waals surface area (Å²) in [5.74, 6) is 0. The molecule has 0 aliphatic heterocycles. The van der Waals surface area contributed by atoms with Crippen LogP contribution in [0.15, 0.2) is 52.4 Å². The van der Waals surface area contributed by atoms with Crippen molar-refractivity contribution in [1.82, 2.24) is 15.1 Å². The minimum atomic E-state index is 0.416. The molecule has 5 heteroatoms. The van der Waals surface area contributed by atoms with Gasteiger partial charge in [0, 0.05) is 38.6 Å². The Bertz CT molecular complexity index is 809. The van der Waals surface area contributed by atoms with E-state index < -0.39 is 0 Å². The van der Waals surface area contributed by atoms with E-state index in [-0.39, 0.29) is 0 Å². The molecule has 0 unspecified atom stereocenters. The minimum absolute atomic E-state index is 0.416. The molecule has 0 spiro atoms. The van der Waals surface area contributed by atoms with Gasteiger partial charge in [-0.25, -0.2) is 0 Å². The van der Waals surface area contributed by atoms with Gasteiger partial charge >= 0.3 is 0 Å². The van der Waals surface area contributed by atoms with Gasteiger partial charge < -0.3 is 5.32 Å². The molecule has 0 bridgehead atoms. The zero-order chi connectivity index (χ0) is 16.4. The highest BCUT2D eigenvalue weighted by molar-refractivity contribution is 9.10. The molecule has 1 N–H and O–H groups in total. The predicted molar refractivity (Wildman–Crippen MR) is 102 cm³/mol. The number of thiophene rings is 1. The largest absolute Gasteiger partial charge is 0.305 e. The SMILES string of the molecule is Brc1csc(CN[C@H]2CCCc3c2cnn3Cc2ccccc2)c1. The van der Waals surface area contributed by atoms with E-state index in [1.165, 1.54) is 39.0 Å². The second kappa shape index (κ2) is 7.21. The lowest BCUT2D eigenvalue weighted by molar-refractivity contribution is 0.451. The zero-order valence-electron chi connectivity index (χ0n) is 13.4. The fourth-order valence-corrected chi connectivity index (χ4v) is 4.80. The summed E-state index contributed by atoms with van der Waals surface area (Å²) in [4.78, 5) is 1.37. The van der Waals surface area contributed by atoms with Gasteiger partial charge in [0.1, 0.15) is 0 Å². The summed E-state index contributed by atoms with van der Waals surface area (Å²) in [6.45, 7) is 1.78. The van der Waals surface area contributed by atoms with Crippen molar-refractivity contribution < 1.29 is 0 Å². The Morgan fingerprint density at radius 1 is 1.29 bits per heavy atom. The number of benzene rings is 1. The molecule has 0 saturated heterocycles. The number of nitrogens with one attached hydrogen (secondary N) is 1. The minimum Gasteiger partial charge on any atom is -0.305 e. The van der Waals surface area contributed by atoms with E-state index in [1.54, 1.807) is 11.3 Å². The van der Waals surface area contributed by atoms with Crippen LogP contribution in [-0.4, -0.2) is 9.78 Å². The molecule has 0 radical (unpaired) electrons. The predicted octanol–water partition coefficient (Wildman–Crippen LogP) is 4.92. The number of fused-ring (bicyclic) bond motifs is 1. The van der Waals surface area contributed by atoms with E-state index in [0.717, 1.165) is 19.5 Å². The van der Waals surface area contributed by atoms with Crippen molar-refractivity contribution in [3.63, 3.8) is 0 Å². The van der Waals surface area contributed by atoms with Gasteiger partial charge in [0.15, 0.2) is 0 Å². The number of rotatable bonds is 5. The average Bonchev–Trinajstić information content (AvgIpc) is 3.21. The standard InChI is InChI=1S/C19H20BrN3S/c20-15-9-16(24-13-15)10-21-18-7-4-8-19-17(18)11-22-23(19)12-14-5-2-1-3-6-14/h1-3,5-6,9,11,13,18,21H,4,7-8,10,12H2/t18-/m0/s1. The van der Waals surface area contributed by atoms with Gasteiger partial charge in [0.25, 0.3) is 0 Å². The van der Waals surface area contributed by atoms with Crippen LogP contribution in [0.4, 0.5) is 0 Å². The second-order valence-corrected chi connectivity index (χ2v) is 8.16. The summed E-state index contributed by atoms with van der Waals surface area (Å²) in [7, 11) is 0. The molecule has 3 aromatic rings. The molecule has 2 heterocycles. The first-order chi connectivity index (χ1) is 11.8. The van der Waals surface area contributed by atoms with Gasteiger partial charge in [-0.2, -0.15) is 5.10 Å². The van der Waals surface area contributed by atoms with Crippen molar-refractivity contribution in [3.8, 4) is 0 Å². The Kier molecular flexibility index (Phi) is 4.83. The Balaban J connectivity index is 1.49. The van der Waals surface area contributed by atoms with Crippen LogP contribution in [0.1, 0.15) is 40.6 Å². The third-order valence-corrected chi connectivity index (χ3v) is 6.28. The highest BCUT2D eigenvalue weighted by Crippen LogP contribution is 2.30. The van der Waals surface area contributed by atoms with Crippen LogP contribution >= 0.6 is 27.3 Å². The Morgan fingerprint density at radius 3 is 2.96 bits per heavy atom. The molecule has 3 nitrogen and oxygen atoms in total. The van der Waals surface area contributed by atoms with Gasteiger partial charge in [-0.05, 0) is 46.8 Å². The van der Waals surface area contributed by atoms with E-state index >= 15 is 0 Å². The van der Waals surface area contributed by atoms with Gasteiger partial charge in [0.2, 0.25) is 0 Å². The topological polar surface area (TPSA) is 29.9 Å². The normalized spacial score (nSPS) is 17.0. The Hall–Kier alpha value is -1.43. The molecule has 0 fully saturated rings. The van der Waals surface area contributed by atoms with E-state index in [9.17, 15) is 0 Å². The van der Waals surface area contributed by atoms with E-state index in [1.807, 2.05) is 0 Å². The van der Waals surface area contributed by atoms with Crippen LogP contribution in [-0.2, 0) is 19.5 Å². The van der Waals surface area contributed by atoms with Crippen LogP contribution in [0.5, 0.6) is 0 Å². The first-order valence-electron chi connectivity index (χ1n) is 8.34. The zero-order valence-corrected chi connectivity index (χ0v) is 15.8. The lowest BCUT2D eigenvalue weighted by Crippen LogP contribution is -2.25. The number of nitrogens with zero attached hydrogens (tertiary/aromatic N) is 2. The summed E-state index contributed by atoms with van der Waals surface area (Å²) in [6, 6.07) is 13.2. The highest BCUT2D eigenvalue weighted by Gasteiger charge is 2.24. The van der Waals surface area contributed by atoms with Crippen LogP contribution in [0.2, 0.25) is 0 Å². The van der Waals surface area contributed by atoms with Gasteiger partial charge in [-0.15, -0.1) is 11.3 Å². The molecule has 1 aliphatic rings. The fraction of sp³-hybridized carbons (Fsp3) is 0.316. The first-order valence-corrected chi connectivity index (χ1v) is 10.0. The number of aromatic nitrogens is 2. The molecule has 4 rings (SSSR count). The van der Waals surface area contributed by atoms with Gasteiger partial charge in [0.05, 0.1) is 12.7 Å². The van der Waals surface area contributed by atoms with E-state index in [2.05, 4.69) is 79.0 Å². The Morgan fingerprint density at radius 2 is 2.17 bits per heavy atom. The number of halogens is 1. The van der Waals surface area contributed by atoms with Crippen molar-refractivity contribution in [1.29, 1.82) is 0 Å². The smallest absolute Gasteiger partial charge is 0.0662 e. The maximum absolute atomic E-state index is 4.67. The van der Waals surface area contributed by atoms with Crippen molar-refractivity contribution in [2.24, 2.45) is 0 Å². The maximum atomic E-state index is 4.67. The molecular weight excluding hydrogens is 382 g/mol. The van der Waals surface area contributed by atoms with Crippen molar-refractivity contribution in [2.75, 3.05) is 0 Å². The quantitative estimate of drug-likeness (QED) is 0.656. The molecule has 0 saturated carbocycles. The first kappa shape index (κ1) is 16.1. The van der Waals surface area contributed by atoms with Crippen molar-refractivity contribution in [2.45, 2.75) is 38.4 Å². The highest BCUT2D eigenvalue weighted by atomic mass is 79.9. The number of hydrogen-bond acceptors (Lipinski definition) is 3. The molecule has 1 atom stereocenters. The van der Waals surface area contributed by atoms with Crippen LogP contribution in [0.25, 0.3) is 0 Å². The van der Waals surface area contributed by atoms with E-state index in [0.29, 0.717) is 6.04 Å². The molecular formula is C19H20BrN3S. The molecule has 1 aliphatic carbocycles.